The Hall–Kier alpha value is -0.590. The molecule has 0 aliphatic heterocycles. The highest BCUT2D eigenvalue weighted by atomic mass is 16.1. The van der Waals surface area contributed by atoms with Crippen LogP contribution in [0, 0.1) is 5.92 Å². The molecule has 0 fully saturated rings. The third-order valence-corrected chi connectivity index (χ3v) is 2.72. The zero-order valence-corrected chi connectivity index (χ0v) is 10.4. The van der Waals surface area contributed by atoms with Crippen LogP contribution in [-0.4, -0.2) is 6.29 Å². The Morgan fingerprint density at radius 2 is 1.73 bits per heavy atom. The van der Waals surface area contributed by atoms with Crippen molar-refractivity contribution in [1.29, 1.82) is 0 Å². The standard InChI is InChI=1S/C14H26O/c1-3-4-5-6-7-8-9-11-14(2)12-10-13-15/h5-6,13-14H,3-4,7-12H2,1-2H3. The van der Waals surface area contributed by atoms with E-state index in [0.717, 1.165) is 25.0 Å². The molecule has 0 aliphatic carbocycles. The first-order chi connectivity index (χ1) is 7.31. The number of unbranched alkanes of at least 4 members (excludes halogenated alkanes) is 3. The summed E-state index contributed by atoms with van der Waals surface area (Å²) in [5.41, 5.74) is 0. The van der Waals surface area contributed by atoms with E-state index in [-0.39, 0.29) is 0 Å². The van der Waals surface area contributed by atoms with Crippen molar-refractivity contribution < 1.29 is 4.79 Å². The zero-order chi connectivity index (χ0) is 11.4. The first-order valence-corrected chi connectivity index (χ1v) is 6.39. The van der Waals surface area contributed by atoms with Gasteiger partial charge in [0.2, 0.25) is 0 Å². The molecule has 0 heterocycles. The van der Waals surface area contributed by atoms with E-state index in [1.165, 1.54) is 38.5 Å². The van der Waals surface area contributed by atoms with Gasteiger partial charge in [0.1, 0.15) is 6.29 Å². The second kappa shape index (κ2) is 11.5. The van der Waals surface area contributed by atoms with Gasteiger partial charge in [0.15, 0.2) is 0 Å². The second-order valence-electron chi connectivity index (χ2n) is 4.39. The van der Waals surface area contributed by atoms with E-state index in [9.17, 15) is 4.79 Å². The molecule has 0 amide bonds. The number of carbonyl (C=O) groups excluding carboxylic acids is 1. The predicted molar refractivity (Wildman–Crippen MR) is 67.0 cm³/mol. The van der Waals surface area contributed by atoms with Crippen molar-refractivity contribution >= 4 is 6.29 Å². The molecular formula is C14H26O. The molecule has 1 unspecified atom stereocenters. The van der Waals surface area contributed by atoms with Gasteiger partial charge in [0, 0.05) is 6.42 Å². The van der Waals surface area contributed by atoms with Crippen LogP contribution >= 0.6 is 0 Å². The molecule has 0 aliphatic rings. The molecule has 0 bridgehead atoms. The molecule has 1 heteroatoms. The van der Waals surface area contributed by atoms with Crippen molar-refractivity contribution in [2.24, 2.45) is 5.92 Å². The number of rotatable bonds is 10. The maximum Gasteiger partial charge on any atom is 0.120 e. The lowest BCUT2D eigenvalue weighted by Crippen LogP contribution is -1.94. The lowest BCUT2D eigenvalue weighted by Gasteiger charge is -2.07. The summed E-state index contributed by atoms with van der Waals surface area (Å²) < 4.78 is 0. The van der Waals surface area contributed by atoms with Crippen LogP contribution < -0.4 is 0 Å². The molecule has 88 valence electrons. The van der Waals surface area contributed by atoms with Crippen molar-refractivity contribution in [2.45, 2.75) is 65.2 Å². The first-order valence-electron chi connectivity index (χ1n) is 6.39. The molecule has 0 rings (SSSR count). The Morgan fingerprint density at radius 3 is 2.40 bits per heavy atom. The molecule has 15 heavy (non-hydrogen) atoms. The maximum absolute atomic E-state index is 10.2. The van der Waals surface area contributed by atoms with Crippen molar-refractivity contribution in [3.8, 4) is 0 Å². The van der Waals surface area contributed by atoms with Gasteiger partial charge in [0.05, 0.1) is 0 Å². The van der Waals surface area contributed by atoms with E-state index in [1.54, 1.807) is 0 Å². The summed E-state index contributed by atoms with van der Waals surface area (Å²) in [4.78, 5) is 10.2. The van der Waals surface area contributed by atoms with Gasteiger partial charge in [-0.15, -0.1) is 0 Å². The van der Waals surface area contributed by atoms with Crippen molar-refractivity contribution in [3.63, 3.8) is 0 Å². The summed E-state index contributed by atoms with van der Waals surface area (Å²) in [5.74, 6) is 0.717. The lowest BCUT2D eigenvalue weighted by atomic mass is 9.98. The smallest absolute Gasteiger partial charge is 0.120 e. The highest BCUT2D eigenvalue weighted by Crippen LogP contribution is 2.14. The van der Waals surface area contributed by atoms with Gasteiger partial charge in [0.25, 0.3) is 0 Å². The van der Waals surface area contributed by atoms with E-state index in [1.807, 2.05) is 0 Å². The van der Waals surface area contributed by atoms with Crippen LogP contribution in [0.5, 0.6) is 0 Å². The van der Waals surface area contributed by atoms with Crippen LogP contribution in [0.2, 0.25) is 0 Å². The molecule has 0 radical (unpaired) electrons. The van der Waals surface area contributed by atoms with Gasteiger partial charge < -0.3 is 4.79 Å². The molecule has 0 saturated heterocycles. The van der Waals surface area contributed by atoms with Crippen LogP contribution in [0.4, 0.5) is 0 Å². The number of hydrogen-bond donors (Lipinski definition) is 0. The Balaban J connectivity index is 3.19. The molecule has 1 nitrogen and oxygen atoms in total. The summed E-state index contributed by atoms with van der Waals surface area (Å²) in [6.07, 6.45) is 15.0. The summed E-state index contributed by atoms with van der Waals surface area (Å²) in [6.45, 7) is 4.45. The van der Waals surface area contributed by atoms with E-state index >= 15 is 0 Å². The average Bonchev–Trinajstić information content (AvgIpc) is 2.25. The molecule has 0 aromatic heterocycles. The monoisotopic (exact) mass is 210 g/mol. The van der Waals surface area contributed by atoms with E-state index in [4.69, 9.17) is 0 Å². The SMILES string of the molecule is CCCC=CCCCCC(C)CCC=O. The van der Waals surface area contributed by atoms with E-state index in [2.05, 4.69) is 26.0 Å². The average molecular weight is 210 g/mol. The Labute approximate surface area is 95.0 Å². The predicted octanol–water partition coefficient (Wildman–Crippen LogP) is 4.52. The van der Waals surface area contributed by atoms with Crippen LogP contribution in [0.25, 0.3) is 0 Å². The Bertz CT molecular complexity index is 161. The molecule has 0 saturated carbocycles. The first kappa shape index (κ1) is 14.4. The highest BCUT2D eigenvalue weighted by Gasteiger charge is 2.00. The molecular weight excluding hydrogens is 184 g/mol. The fourth-order valence-electron chi connectivity index (χ4n) is 1.65. The van der Waals surface area contributed by atoms with Gasteiger partial charge in [-0.05, 0) is 31.6 Å². The van der Waals surface area contributed by atoms with Crippen molar-refractivity contribution in [1.82, 2.24) is 0 Å². The highest BCUT2D eigenvalue weighted by molar-refractivity contribution is 5.49. The van der Waals surface area contributed by atoms with Gasteiger partial charge in [-0.1, -0.05) is 45.3 Å². The van der Waals surface area contributed by atoms with Crippen LogP contribution in [0.15, 0.2) is 12.2 Å². The minimum atomic E-state index is 0.717. The fourth-order valence-corrected chi connectivity index (χ4v) is 1.65. The largest absolute Gasteiger partial charge is 0.303 e. The minimum absolute atomic E-state index is 0.717. The summed E-state index contributed by atoms with van der Waals surface area (Å²) in [7, 11) is 0. The van der Waals surface area contributed by atoms with Gasteiger partial charge in [-0.3, -0.25) is 0 Å². The molecule has 0 spiro atoms. The minimum Gasteiger partial charge on any atom is -0.303 e. The van der Waals surface area contributed by atoms with Crippen LogP contribution in [0.3, 0.4) is 0 Å². The molecule has 1 atom stereocenters. The van der Waals surface area contributed by atoms with Gasteiger partial charge in [-0.25, -0.2) is 0 Å². The number of aldehydes is 1. The lowest BCUT2D eigenvalue weighted by molar-refractivity contribution is -0.108. The third kappa shape index (κ3) is 11.3. The third-order valence-electron chi connectivity index (χ3n) is 2.72. The fraction of sp³-hybridized carbons (Fsp3) is 0.786. The summed E-state index contributed by atoms with van der Waals surface area (Å²) in [5, 5.41) is 0. The van der Waals surface area contributed by atoms with E-state index in [0.29, 0.717) is 0 Å². The second-order valence-corrected chi connectivity index (χ2v) is 4.39. The topological polar surface area (TPSA) is 17.1 Å². The number of allylic oxidation sites excluding steroid dienone is 2. The van der Waals surface area contributed by atoms with Gasteiger partial charge >= 0.3 is 0 Å². The summed E-state index contributed by atoms with van der Waals surface area (Å²) >= 11 is 0. The van der Waals surface area contributed by atoms with Crippen LogP contribution in [-0.2, 0) is 4.79 Å². The van der Waals surface area contributed by atoms with Gasteiger partial charge in [-0.2, -0.15) is 0 Å². The molecule has 0 aromatic rings. The van der Waals surface area contributed by atoms with Crippen molar-refractivity contribution in [2.75, 3.05) is 0 Å². The Kier molecular flexibility index (Phi) is 11.0. The summed E-state index contributed by atoms with van der Waals surface area (Å²) in [6, 6.07) is 0. The quantitative estimate of drug-likeness (QED) is 0.294. The number of hydrogen-bond acceptors (Lipinski definition) is 1. The molecule has 0 N–H and O–H groups in total. The van der Waals surface area contributed by atoms with E-state index < -0.39 is 0 Å². The van der Waals surface area contributed by atoms with Crippen LogP contribution in [0.1, 0.15) is 65.2 Å². The zero-order valence-electron chi connectivity index (χ0n) is 10.4. The number of carbonyl (C=O) groups is 1. The Morgan fingerprint density at radius 1 is 1.00 bits per heavy atom. The maximum atomic E-state index is 10.2. The normalized spacial score (nSPS) is 13.2. The van der Waals surface area contributed by atoms with Crippen molar-refractivity contribution in [3.05, 3.63) is 12.2 Å². The molecule has 0 aromatic carbocycles.